The number of ether oxygens (including phenoxy) is 1. The van der Waals surface area contributed by atoms with Crippen molar-refractivity contribution >= 4 is 39.1 Å². The van der Waals surface area contributed by atoms with Gasteiger partial charge in [-0.05, 0) is 47.5 Å². The molecule has 0 spiro atoms. The third-order valence-electron chi connectivity index (χ3n) is 2.20. The van der Waals surface area contributed by atoms with Gasteiger partial charge in [0.2, 0.25) is 5.91 Å². The topological polar surface area (TPSA) is 38.3 Å². The third-order valence-corrected chi connectivity index (χ3v) is 3.26. The second-order valence-electron chi connectivity index (χ2n) is 3.58. The molecular weight excluding hydrogens is 305 g/mol. The molecule has 3 nitrogen and oxygen atoms in total. The lowest BCUT2D eigenvalue weighted by molar-refractivity contribution is -0.117. The summed E-state index contributed by atoms with van der Waals surface area (Å²) in [4.78, 5) is 11.6. The van der Waals surface area contributed by atoms with Gasteiger partial charge in [0, 0.05) is 16.1 Å². The first-order chi connectivity index (χ1) is 8.04. The Labute approximate surface area is 115 Å². The van der Waals surface area contributed by atoms with E-state index in [9.17, 15) is 4.79 Å². The molecule has 0 saturated heterocycles. The minimum Gasteiger partial charge on any atom is -0.381 e. The number of carbonyl (C=O) groups excluding carboxylic acids is 1. The zero-order valence-electron chi connectivity index (χ0n) is 9.85. The Morgan fingerprint density at radius 2 is 2.24 bits per heavy atom. The fourth-order valence-electron chi connectivity index (χ4n) is 1.26. The van der Waals surface area contributed by atoms with Crippen LogP contribution in [0.2, 0.25) is 5.02 Å². The molecule has 1 rings (SSSR count). The molecule has 0 aliphatic heterocycles. The highest BCUT2D eigenvalue weighted by Gasteiger charge is 2.08. The highest BCUT2D eigenvalue weighted by atomic mass is 79.9. The molecule has 1 aromatic rings. The number of benzene rings is 1. The summed E-state index contributed by atoms with van der Waals surface area (Å²) < 4.78 is 5.94. The average molecular weight is 321 g/mol. The number of anilines is 1. The van der Waals surface area contributed by atoms with Gasteiger partial charge in [-0.25, -0.2) is 0 Å². The van der Waals surface area contributed by atoms with E-state index in [2.05, 4.69) is 21.2 Å². The van der Waals surface area contributed by atoms with Crippen molar-refractivity contribution in [3.8, 4) is 0 Å². The van der Waals surface area contributed by atoms with E-state index < -0.39 is 0 Å². The van der Waals surface area contributed by atoms with Gasteiger partial charge < -0.3 is 10.1 Å². The number of aryl methyl sites for hydroxylation is 1. The Kier molecular flexibility index (Phi) is 5.95. The second-order valence-corrected chi connectivity index (χ2v) is 4.84. The predicted octanol–water partition coefficient (Wildman–Crippen LogP) is 3.78. The molecule has 0 aliphatic rings. The number of carbonyl (C=O) groups is 1. The highest BCUT2D eigenvalue weighted by molar-refractivity contribution is 9.10. The van der Waals surface area contributed by atoms with Gasteiger partial charge in [0.1, 0.15) is 0 Å². The predicted molar refractivity (Wildman–Crippen MR) is 73.6 cm³/mol. The molecule has 94 valence electrons. The molecule has 0 fully saturated rings. The van der Waals surface area contributed by atoms with E-state index >= 15 is 0 Å². The van der Waals surface area contributed by atoms with Crippen LogP contribution in [0.4, 0.5) is 5.69 Å². The molecule has 0 aromatic heterocycles. The maximum absolute atomic E-state index is 11.6. The molecule has 0 unspecified atom stereocenters. The fraction of sp³-hybridized carbons (Fsp3) is 0.417. The van der Waals surface area contributed by atoms with Gasteiger partial charge in [-0.2, -0.15) is 0 Å². The van der Waals surface area contributed by atoms with Crippen molar-refractivity contribution in [2.24, 2.45) is 0 Å². The summed E-state index contributed by atoms with van der Waals surface area (Å²) in [5.74, 6) is -0.0842. The molecule has 1 amide bonds. The van der Waals surface area contributed by atoms with Crippen molar-refractivity contribution in [3.05, 3.63) is 27.2 Å². The van der Waals surface area contributed by atoms with Gasteiger partial charge in [-0.1, -0.05) is 11.6 Å². The SMILES string of the molecule is CCOCCC(=O)Nc1cc(Cl)c(C)cc1Br. The van der Waals surface area contributed by atoms with Crippen molar-refractivity contribution in [2.45, 2.75) is 20.3 Å². The summed E-state index contributed by atoms with van der Waals surface area (Å²) >= 11 is 9.39. The monoisotopic (exact) mass is 319 g/mol. The zero-order chi connectivity index (χ0) is 12.8. The lowest BCUT2D eigenvalue weighted by Crippen LogP contribution is -2.14. The maximum Gasteiger partial charge on any atom is 0.226 e. The van der Waals surface area contributed by atoms with E-state index in [0.717, 1.165) is 10.0 Å². The van der Waals surface area contributed by atoms with Crippen molar-refractivity contribution < 1.29 is 9.53 Å². The van der Waals surface area contributed by atoms with Crippen molar-refractivity contribution in [2.75, 3.05) is 18.5 Å². The lowest BCUT2D eigenvalue weighted by Gasteiger charge is -2.09. The minimum atomic E-state index is -0.0842. The van der Waals surface area contributed by atoms with Crippen LogP contribution >= 0.6 is 27.5 Å². The van der Waals surface area contributed by atoms with Crippen LogP contribution in [0.25, 0.3) is 0 Å². The molecule has 5 heteroatoms. The first kappa shape index (κ1) is 14.5. The number of amides is 1. The molecule has 0 atom stereocenters. The van der Waals surface area contributed by atoms with E-state index in [-0.39, 0.29) is 5.91 Å². The molecule has 0 saturated carbocycles. The summed E-state index contributed by atoms with van der Waals surface area (Å²) in [5, 5.41) is 3.42. The normalized spacial score (nSPS) is 10.4. The Hall–Kier alpha value is -0.580. The molecule has 0 radical (unpaired) electrons. The first-order valence-corrected chi connectivity index (χ1v) is 6.55. The van der Waals surface area contributed by atoms with Crippen LogP contribution in [-0.4, -0.2) is 19.1 Å². The lowest BCUT2D eigenvalue weighted by atomic mass is 10.2. The van der Waals surface area contributed by atoms with Crippen LogP contribution in [0.15, 0.2) is 16.6 Å². The van der Waals surface area contributed by atoms with E-state index in [1.165, 1.54) is 0 Å². The number of halogens is 2. The van der Waals surface area contributed by atoms with E-state index in [0.29, 0.717) is 30.3 Å². The third kappa shape index (κ3) is 4.66. The molecule has 0 aliphatic carbocycles. The number of nitrogens with one attached hydrogen (secondary N) is 1. The molecular formula is C12H15BrClNO2. The van der Waals surface area contributed by atoms with Crippen molar-refractivity contribution in [3.63, 3.8) is 0 Å². The smallest absolute Gasteiger partial charge is 0.226 e. The quantitative estimate of drug-likeness (QED) is 0.839. The number of hydrogen-bond acceptors (Lipinski definition) is 2. The van der Waals surface area contributed by atoms with E-state index in [1.807, 2.05) is 19.9 Å². The Morgan fingerprint density at radius 3 is 2.88 bits per heavy atom. The van der Waals surface area contributed by atoms with E-state index in [1.54, 1.807) is 6.07 Å². The zero-order valence-corrected chi connectivity index (χ0v) is 12.2. The van der Waals surface area contributed by atoms with Crippen LogP contribution in [0.5, 0.6) is 0 Å². The Morgan fingerprint density at radius 1 is 1.53 bits per heavy atom. The Balaban J connectivity index is 2.62. The summed E-state index contributed by atoms with van der Waals surface area (Å²) in [6, 6.07) is 3.61. The van der Waals surface area contributed by atoms with Gasteiger partial charge in [0.05, 0.1) is 18.7 Å². The standard InChI is InChI=1S/C12H15BrClNO2/c1-3-17-5-4-12(16)15-11-7-10(14)8(2)6-9(11)13/h6-7H,3-5H2,1-2H3,(H,15,16). The van der Waals surface area contributed by atoms with E-state index in [4.69, 9.17) is 16.3 Å². The summed E-state index contributed by atoms with van der Waals surface area (Å²) in [5.41, 5.74) is 1.65. The summed E-state index contributed by atoms with van der Waals surface area (Å²) in [7, 11) is 0. The summed E-state index contributed by atoms with van der Waals surface area (Å²) in [6.45, 7) is 4.86. The Bertz CT molecular complexity index is 410. The van der Waals surface area contributed by atoms with Gasteiger partial charge in [-0.3, -0.25) is 4.79 Å². The fourth-order valence-corrected chi connectivity index (χ4v) is 1.98. The molecule has 1 N–H and O–H groups in total. The van der Waals surface area contributed by atoms with Gasteiger partial charge in [0.25, 0.3) is 0 Å². The second kappa shape index (κ2) is 6.99. The summed E-state index contributed by atoms with van der Waals surface area (Å²) in [6.07, 6.45) is 0.339. The van der Waals surface area contributed by atoms with Crippen molar-refractivity contribution in [1.82, 2.24) is 0 Å². The minimum absolute atomic E-state index is 0.0842. The van der Waals surface area contributed by atoms with Gasteiger partial charge in [0.15, 0.2) is 0 Å². The molecule has 0 bridgehead atoms. The van der Waals surface area contributed by atoms with Crippen LogP contribution < -0.4 is 5.32 Å². The molecule has 1 aromatic carbocycles. The van der Waals surface area contributed by atoms with Crippen LogP contribution in [0, 0.1) is 6.92 Å². The molecule has 0 heterocycles. The van der Waals surface area contributed by atoms with Crippen LogP contribution in [-0.2, 0) is 9.53 Å². The first-order valence-electron chi connectivity index (χ1n) is 5.37. The maximum atomic E-state index is 11.6. The highest BCUT2D eigenvalue weighted by Crippen LogP contribution is 2.29. The average Bonchev–Trinajstić information content (AvgIpc) is 2.26. The number of rotatable bonds is 5. The largest absolute Gasteiger partial charge is 0.381 e. The van der Waals surface area contributed by atoms with Crippen LogP contribution in [0.3, 0.4) is 0 Å². The van der Waals surface area contributed by atoms with Gasteiger partial charge >= 0.3 is 0 Å². The molecule has 17 heavy (non-hydrogen) atoms. The van der Waals surface area contributed by atoms with Crippen molar-refractivity contribution in [1.29, 1.82) is 0 Å². The van der Waals surface area contributed by atoms with Crippen LogP contribution in [0.1, 0.15) is 18.9 Å². The van der Waals surface area contributed by atoms with Gasteiger partial charge in [-0.15, -0.1) is 0 Å². The number of hydrogen-bond donors (Lipinski definition) is 1.